The molecule has 0 saturated carbocycles. The molecule has 0 aliphatic rings. The SMILES string of the molecule is CN(Cc1occc1C(=O)O)CC(C)(C)C. The quantitative estimate of drug-likeness (QED) is 0.855. The molecule has 0 aromatic carbocycles. The number of carboxylic acid groups (broad SMARTS) is 1. The van der Waals surface area contributed by atoms with Crippen LogP contribution in [-0.4, -0.2) is 29.6 Å². The molecule has 1 aromatic rings. The second kappa shape index (κ2) is 4.70. The van der Waals surface area contributed by atoms with Crippen molar-refractivity contribution in [3.63, 3.8) is 0 Å². The fourth-order valence-corrected chi connectivity index (χ4v) is 1.76. The van der Waals surface area contributed by atoms with Gasteiger partial charge in [0.25, 0.3) is 0 Å². The van der Waals surface area contributed by atoms with Gasteiger partial charge in [0.2, 0.25) is 0 Å². The predicted molar refractivity (Wildman–Crippen MR) is 61.5 cm³/mol. The van der Waals surface area contributed by atoms with E-state index in [4.69, 9.17) is 9.52 Å². The normalized spacial score (nSPS) is 12.1. The Morgan fingerprint density at radius 2 is 2.12 bits per heavy atom. The van der Waals surface area contributed by atoms with Crippen LogP contribution in [-0.2, 0) is 6.54 Å². The third-order valence-electron chi connectivity index (χ3n) is 2.13. The van der Waals surface area contributed by atoms with Crippen molar-refractivity contribution in [3.05, 3.63) is 23.7 Å². The van der Waals surface area contributed by atoms with E-state index in [1.807, 2.05) is 7.05 Å². The van der Waals surface area contributed by atoms with E-state index in [1.165, 1.54) is 12.3 Å². The van der Waals surface area contributed by atoms with Gasteiger partial charge >= 0.3 is 5.97 Å². The highest BCUT2D eigenvalue weighted by atomic mass is 16.4. The molecule has 16 heavy (non-hydrogen) atoms. The summed E-state index contributed by atoms with van der Waals surface area (Å²) in [5.74, 6) is -0.424. The standard InChI is InChI=1S/C12H19NO3/c1-12(2,3)8-13(4)7-10-9(11(14)15)5-6-16-10/h5-6H,7-8H2,1-4H3,(H,14,15). The maximum Gasteiger partial charge on any atom is 0.339 e. The van der Waals surface area contributed by atoms with Gasteiger partial charge in [-0.1, -0.05) is 20.8 Å². The topological polar surface area (TPSA) is 53.7 Å². The Labute approximate surface area is 95.9 Å². The molecule has 0 spiro atoms. The van der Waals surface area contributed by atoms with E-state index in [1.54, 1.807) is 0 Å². The van der Waals surface area contributed by atoms with Crippen molar-refractivity contribution in [2.24, 2.45) is 5.41 Å². The number of rotatable bonds is 4. The Morgan fingerprint density at radius 1 is 1.50 bits per heavy atom. The number of nitrogens with zero attached hydrogens (tertiary/aromatic N) is 1. The van der Waals surface area contributed by atoms with Crippen LogP contribution in [0.5, 0.6) is 0 Å². The summed E-state index contributed by atoms with van der Waals surface area (Å²) < 4.78 is 5.19. The molecule has 0 unspecified atom stereocenters. The summed E-state index contributed by atoms with van der Waals surface area (Å²) in [5, 5.41) is 8.92. The highest BCUT2D eigenvalue weighted by Gasteiger charge is 2.18. The van der Waals surface area contributed by atoms with Gasteiger partial charge in [-0.2, -0.15) is 0 Å². The summed E-state index contributed by atoms with van der Waals surface area (Å²) >= 11 is 0. The summed E-state index contributed by atoms with van der Waals surface area (Å²) in [6, 6.07) is 1.49. The summed E-state index contributed by atoms with van der Waals surface area (Å²) in [4.78, 5) is 12.9. The minimum atomic E-state index is -0.937. The van der Waals surface area contributed by atoms with Crippen LogP contribution in [0.2, 0.25) is 0 Å². The van der Waals surface area contributed by atoms with Gasteiger partial charge < -0.3 is 9.52 Å². The molecule has 1 N–H and O–H groups in total. The number of carboxylic acids is 1. The van der Waals surface area contributed by atoms with Crippen molar-refractivity contribution >= 4 is 5.97 Å². The van der Waals surface area contributed by atoms with Gasteiger partial charge in [-0.05, 0) is 18.5 Å². The van der Waals surface area contributed by atoms with Crippen molar-refractivity contribution < 1.29 is 14.3 Å². The first kappa shape index (κ1) is 12.8. The largest absolute Gasteiger partial charge is 0.478 e. The van der Waals surface area contributed by atoms with Crippen molar-refractivity contribution in [1.82, 2.24) is 4.90 Å². The highest BCUT2D eigenvalue weighted by Crippen LogP contribution is 2.18. The predicted octanol–water partition coefficient (Wildman–Crippen LogP) is 2.46. The summed E-state index contributed by atoms with van der Waals surface area (Å²) in [6.45, 7) is 7.83. The average Bonchev–Trinajstić information content (AvgIpc) is 2.47. The molecular weight excluding hydrogens is 206 g/mol. The van der Waals surface area contributed by atoms with Crippen molar-refractivity contribution in [2.45, 2.75) is 27.3 Å². The van der Waals surface area contributed by atoms with Gasteiger partial charge in [0, 0.05) is 6.54 Å². The molecule has 0 atom stereocenters. The van der Waals surface area contributed by atoms with Crippen LogP contribution in [0, 0.1) is 5.41 Å². The van der Waals surface area contributed by atoms with E-state index in [2.05, 4.69) is 25.7 Å². The fraction of sp³-hybridized carbons (Fsp3) is 0.583. The Hall–Kier alpha value is -1.29. The molecule has 4 nitrogen and oxygen atoms in total. The van der Waals surface area contributed by atoms with Crippen LogP contribution in [0.15, 0.2) is 16.7 Å². The maximum atomic E-state index is 10.9. The molecule has 0 radical (unpaired) electrons. The molecule has 90 valence electrons. The Kier molecular flexibility index (Phi) is 3.75. The third kappa shape index (κ3) is 3.70. The Bertz CT molecular complexity index is 363. The van der Waals surface area contributed by atoms with Crippen LogP contribution in [0.3, 0.4) is 0 Å². The van der Waals surface area contributed by atoms with Gasteiger partial charge in [0.1, 0.15) is 11.3 Å². The lowest BCUT2D eigenvalue weighted by molar-refractivity contribution is 0.0692. The van der Waals surface area contributed by atoms with Crippen LogP contribution in [0.25, 0.3) is 0 Å². The number of hydrogen-bond donors (Lipinski definition) is 1. The van der Waals surface area contributed by atoms with Crippen molar-refractivity contribution in [3.8, 4) is 0 Å². The van der Waals surface area contributed by atoms with Gasteiger partial charge in [-0.15, -0.1) is 0 Å². The van der Waals surface area contributed by atoms with Crippen molar-refractivity contribution in [2.75, 3.05) is 13.6 Å². The van der Waals surface area contributed by atoms with E-state index in [-0.39, 0.29) is 11.0 Å². The number of furan rings is 1. The van der Waals surface area contributed by atoms with Gasteiger partial charge in [-0.3, -0.25) is 4.90 Å². The maximum absolute atomic E-state index is 10.9. The molecule has 0 amide bonds. The second-order valence-electron chi connectivity index (χ2n) is 5.30. The summed E-state index contributed by atoms with van der Waals surface area (Å²) in [5.41, 5.74) is 0.436. The first-order valence-electron chi connectivity index (χ1n) is 5.28. The van der Waals surface area contributed by atoms with E-state index in [0.717, 1.165) is 6.54 Å². The number of carbonyl (C=O) groups is 1. The molecular formula is C12H19NO3. The van der Waals surface area contributed by atoms with Gasteiger partial charge in [-0.25, -0.2) is 4.79 Å². The molecule has 1 aromatic heterocycles. The molecule has 0 aliphatic carbocycles. The second-order valence-corrected chi connectivity index (χ2v) is 5.30. The van der Waals surface area contributed by atoms with E-state index in [0.29, 0.717) is 12.3 Å². The van der Waals surface area contributed by atoms with E-state index in [9.17, 15) is 4.79 Å². The molecule has 0 bridgehead atoms. The van der Waals surface area contributed by atoms with Gasteiger partial charge in [0.05, 0.1) is 12.8 Å². The Balaban J connectivity index is 2.66. The lowest BCUT2D eigenvalue weighted by Gasteiger charge is -2.25. The molecule has 0 saturated heterocycles. The molecule has 1 heterocycles. The van der Waals surface area contributed by atoms with Crippen LogP contribution in [0.1, 0.15) is 36.9 Å². The lowest BCUT2D eigenvalue weighted by Crippen LogP contribution is -2.29. The molecule has 4 heteroatoms. The van der Waals surface area contributed by atoms with Crippen molar-refractivity contribution in [1.29, 1.82) is 0 Å². The van der Waals surface area contributed by atoms with E-state index < -0.39 is 5.97 Å². The zero-order valence-electron chi connectivity index (χ0n) is 10.3. The summed E-state index contributed by atoms with van der Waals surface area (Å²) in [6.07, 6.45) is 1.42. The van der Waals surface area contributed by atoms with Crippen LogP contribution >= 0.6 is 0 Å². The van der Waals surface area contributed by atoms with Crippen LogP contribution < -0.4 is 0 Å². The fourth-order valence-electron chi connectivity index (χ4n) is 1.76. The first-order valence-corrected chi connectivity index (χ1v) is 5.28. The van der Waals surface area contributed by atoms with Gasteiger partial charge in [0.15, 0.2) is 0 Å². The number of hydrogen-bond acceptors (Lipinski definition) is 3. The zero-order chi connectivity index (χ0) is 12.3. The first-order chi connectivity index (χ1) is 7.29. The lowest BCUT2D eigenvalue weighted by atomic mass is 9.96. The minimum Gasteiger partial charge on any atom is -0.478 e. The van der Waals surface area contributed by atoms with Crippen LogP contribution in [0.4, 0.5) is 0 Å². The zero-order valence-corrected chi connectivity index (χ0v) is 10.3. The molecule has 1 rings (SSSR count). The number of aromatic carboxylic acids is 1. The highest BCUT2D eigenvalue weighted by molar-refractivity contribution is 5.88. The summed E-state index contributed by atoms with van der Waals surface area (Å²) in [7, 11) is 1.96. The Morgan fingerprint density at radius 3 is 2.62 bits per heavy atom. The minimum absolute atomic E-state index is 0.185. The molecule has 0 fully saturated rings. The smallest absolute Gasteiger partial charge is 0.339 e. The molecule has 0 aliphatic heterocycles. The van der Waals surface area contributed by atoms with E-state index >= 15 is 0 Å². The third-order valence-corrected chi connectivity index (χ3v) is 2.13. The monoisotopic (exact) mass is 225 g/mol. The average molecular weight is 225 g/mol.